The number of H-pyrrole nitrogens is 2. The van der Waals surface area contributed by atoms with Crippen LogP contribution in [0.1, 0.15) is 55.4 Å². The summed E-state index contributed by atoms with van der Waals surface area (Å²) in [7, 11) is 0. The summed E-state index contributed by atoms with van der Waals surface area (Å²) in [5.74, 6) is 1.19. The Morgan fingerprint density at radius 1 is 1.24 bits per heavy atom. The molecule has 0 radical (unpaired) electrons. The molecule has 6 nitrogen and oxygen atoms in total. The van der Waals surface area contributed by atoms with Crippen LogP contribution in [0.3, 0.4) is 0 Å². The number of para-hydroxylation sites is 1. The zero-order chi connectivity index (χ0) is 23.9. The Balaban J connectivity index is 1.20. The molecule has 0 aliphatic heterocycles. The molecule has 34 heavy (non-hydrogen) atoms. The van der Waals surface area contributed by atoms with Crippen molar-refractivity contribution in [1.82, 2.24) is 20.3 Å². The topological polar surface area (TPSA) is 90.6 Å². The van der Waals surface area contributed by atoms with Crippen LogP contribution in [0.25, 0.3) is 21.1 Å². The number of nitrogens with one attached hydrogen (secondary N) is 3. The lowest BCUT2D eigenvalue weighted by atomic mass is 9.72. The van der Waals surface area contributed by atoms with E-state index in [1.165, 1.54) is 21.4 Å². The molecule has 0 fully saturated rings. The molecule has 1 aliphatic carbocycles. The van der Waals surface area contributed by atoms with E-state index in [0.717, 1.165) is 41.4 Å². The summed E-state index contributed by atoms with van der Waals surface area (Å²) in [6, 6.07) is 8.17. The third kappa shape index (κ3) is 4.53. The van der Waals surface area contributed by atoms with Crippen LogP contribution in [0.15, 0.2) is 35.3 Å². The summed E-state index contributed by atoms with van der Waals surface area (Å²) in [4.78, 5) is 38.4. The summed E-state index contributed by atoms with van der Waals surface area (Å²) in [5.41, 5.74) is 3.70. The summed E-state index contributed by atoms with van der Waals surface area (Å²) in [6.45, 7) is 7.47. The van der Waals surface area contributed by atoms with Crippen LogP contribution in [-0.4, -0.2) is 27.4 Å². The van der Waals surface area contributed by atoms with Crippen LogP contribution >= 0.6 is 11.3 Å². The van der Waals surface area contributed by atoms with E-state index in [-0.39, 0.29) is 16.9 Å². The van der Waals surface area contributed by atoms with Gasteiger partial charge in [-0.15, -0.1) is 11.3 Å². The zero-order valence-electron chi connectivity index (χ0n) is 20.1. The van der Waals surface area contributed by atoms with Crippen LogP contribution in [0.5, 0.6) is 0 Å². The highest BCUT2D eigenvalue weighted by Crippen LogP contribution is 2.42. The Bertz CT molecular complexity index is 1410. The highest BCUT2D eigenvalue weighted by Gasteiger charge is 2.31. The second-order valence-corrected chi connectivity index (χ2v) is 11.5. The Morgan fingerprint density at radius 3 is 2.88 bits per heavy atom. The lowest BCUT2D eigenvalue weighted by molar-refractivity contribution is -0.121. The van der Waals surface area contributed by atoms with Gasteiger partial charge in [0, 0.05) is 41.4 Å². The number of aromatic nitrogens is 3. The molecule has 3 aromatic heterocycles. The van der Waals surface area contributed by atoms with E-state index < -0.39 is 0 Å². The van der Waals surface area contributed by atoms with Crippen LogP contribution in [0, 0.1) is 11.3 Å². The molecule has 3 heterocycles. The molecule has 0 bridgehead atoms. The number of thiophene rings is 1. The van der Waals surface area contributed by atoms with Crippen molar-refractivity contribution in [3.05, 3.63) is 62.6 Å². The Labute approximate surface area is 203 Å². The maximum Gasteiger partial charge on any atom is 0.259 e. The first-order valence-electron chi connectivity index (χ1n) is 12.1. The van der Waals surface area contributed by atoms with Gasteiger partial charge in [-0.25, -0.2) is 4.98 Å². The van der Waals surface area contributed by atoms with Gasteiger partial charge in [-0.2, -0.15) is 0 Å². The van der Waals surface area contributed by atoms with Gasteiger partial charge in [0.25, 0.3) is 5.56 Å². The van der Waals surface area contributed by atoms with Gasteiger partial charge in [0.05, 0.1) is 5.39 Å². The molecule has 4 aromatic rings. The van der Waals surface area contributed by atoms with Crippen LogP contribution in [0.2, 0.25) is 0 Å². The second kappa shape index (κ2) is 9.02. The number of aromatic amines is 2. The first-order chi connectivity index (χ1) is 16.3. The number of nitrogens with zero attached hydrogens (tertiary/aromatic N) is 1. The molecule has 178 valence electrons. The van der Waals surface area contributed by atoms with E-state index in [9.17, 15) is 9.59 Å². The number of rotatable bonds is 6. The smallest absolute Gasteiger partial charge is 0.259 e. The fourth-order valence-corrected chi connectivity index (χ4v) is 6.40. The number of fused-ring (bicyclic) bond motifs is 4. The standard InChI is InChI=1S/C27H32N4O2S/c1-27(2,3)17-8-9-19-21(14-17)34-26-24(19)25(33)30-22(31-26)10-11-23(32)28-13-12-16-15-29-20-7-5-4-6-18(16)20/h4-7,15,17,29H,8-14H2,1-3H3,(H,28,32)(H,30,31,33)/t17-/m0/s1. The molecule has 1 amide bonds. The van der Waals surface area contributed by atoms with Gasteiger partial charge in [0.2, 0.25) is 5.91 Å². The van der Waals surface area contributed by atoms with Gasteiger partial charge in [-0.05, 0) is 54.2 Å². The molecule has 0 saturated carbocycles. The van der Waals surface area contributed by atoms with Crippen molar-refractivity contribution in [2.75, 3.05) is 6.54 Å². The third-order valence-corrected chi connectivity index (χ3v) is 8.32. The first kappa shape index (κ1) is 22.8. The monoisotopic (exact) mass is 476 g/mol. The molecule has 1 aliphatic rings. The molecular formula is C27H32N4O2S. The molecule has 0 spiro atoms. The molecule has 0 unspecified atom stereocenters. The molecule has 7 heteroatoms. The van der Waals surface area contributed by atoms with Crippen molar-refractivity contribution in [1.29, 1.82) is 0 Å². The number of carbonyl (C=O) groups excluding carboxylic acids is 1. The fraction of sp³-hybridized carbons (Fsp3) is 0.444. The van der Waals surface area contributed by atoms with Crippen LogP contribution < -0.4 is 10.9 Å². The van der Waals surface area contributed by atoms with Crippen molar-refractivity contribution in [3.63, 3.8) is 0 Å². The molecular weight excluding hydrogens is 444 g/mol. The Hall–Kier alpha value is -2.93. The number of aryl methyl sites for hydroxylation is 2. The molecule has 1 aromatic carbocycles. The average molecular weight is 477 g/mol. The number of hydrogen-bond acceptors (Lipinski definition) is 4. The van der Waals surface area contributed by atoms with Crippen molar-refractivity contribution in [2.24, 2.45) is 11.3 Å². The highest BCUT2D eigenvalue weighted by atomic mass is 32.1. The molecule has 5 rings (SSSR count). The second-order valence-electron chi connectivity index (χ2n) is 10.5. The minimum absolute atomic E-state index is 0.0268. The van der Waals surface area contributed by atoms with Crippen molar-refractivity contribution >= 4 is 38.4 Å². The van der Waals surface area contributed by atoms with Crippen LogP contribution in [0.4, 0.5) is 0 Å². The van der Waals surface area contributed by atoms with E-state index >= 15 is 0 Å². The lowest BCUT2D eigenvalue weighted by Gasteiger charge is -2.33. The van der Waals surface area contributed by atoms with Gasteiger partial charge < -0.3 is 15.3 Å². The maximum absolute atomic E-state index is 12.9. The zero-order valence-corrected chi connectivity index (χ0v) is 20.9. The number of benzene rings is 1. The van der Waals surface area contributed by atoms with E-state index in [2.05, 4.69) is 48.2 Å². The van der Waals surface area contributed by atoms with Crippen molar-refractivity contribution in [3.8, 4) is 0 Å². The van der Waals surface area contributed by atoms with Gasteiger partial charge in [-0.1, -0.05) is 39.0 Å². The quantitative estimate of drug-likeness (QED) is 0.369. The molecule has 0 saturated heterocycles. The lowest BCUT2D eigenvalue weighted by Crippen LogP contribution is -2.27. The van der Waals surface area contributed by atoms with Crippen LogP contribution in [-0.2, 0) is 30.5 Å². The predicted octanol–water partition coefficient (Wildman–Crippen LogP) is 4.91. The van der Waals surface area contributed by atoms with E-state index in [1.54, 1.807) is 11.3 Å². The molecule has 3 N–H and O–H groups in total. The Kier molecular flexibility index (Phi) is 6.06. The van der Waals surface area contributed by atoms with Gasteiger partial charge in [0.1, 0.15) is 10.7 Å². The van der Waals surface area contributed by atoms with Gasteiger partial charge >= 0.3 is 0 Å². The highest BCUT2D eigenvalue weighted by molar-refractivity contribution is 7.18. The summed E-state index contributed by atoms with van der Waals surface area (Å²) >= 11 is 1.66. The average Bonchev–Trinajstić information content (AvgIpc) is 3.38. The minimum Gasteiger partial charge on any atom is -0.361 e. The maximum atomic E-state index is 12.9. The molecule has 1 atom stereocenters. The summed E-state index contributed by atoms with van der Waals surface area (Å²) in [6.07, 6.45) is 6.59. The summed E-state index contributed by atoms with van der Waals surface area (Å²) < 4.78 is 0. The number of carbonyl (C=O) groups is 1. The van der Waals surface area contributed by atoms with E-state index in [1.807, 2.05) is 18.3 Å². The largest absolute Gasteiger partial charge is 0.361 e. The fourth-order valence-electron chi connectivity index (χ4n) is 5.08. The normalized spacial score (nSPS) is 16.1. The SMILES string of the molecule is CC(C)(C)[C@H]1CCc2c(sc3nc(CCC(=O)NCCc4c[nH]c5ccccc45)[nH]c(=O)c23)C1. The van der Waals surface area contributed by atoms with E-state index in [0.29, 0.717) is 31.1 Å². The minimum atomic E-state index is -0.0635. The number of amides is 1. The summed E-state index contributed by atoms with van der Waals surface area (Å²) in [5, 5.41) is 4.95. The first-order valence-corrected chi connectivity index (χ1v) is 13.0. The van der Waals surface area contributed by atoms with Crippen molar-refractivity contribution < 1.29 is 4.79 Å². The van der Waals surface area contributed by atoms with Gasteiger partial charge in [0.15, 0.2) is 0 Å². The van der Waals surface area contributed by atoms with Crippen molar-refractivity contribution in [2.45, 2.75) is 59.3 Å². The van der Waals surface area contributed by atoms with Gasteiger partial charge in [-0.3, -0.25) is 9.59 Å². The van der Waals surface area contributed by atoms with E-state index in [4.69, 9.17) is 4.98 Å². The number of hydrogen-bond donors (Lipinski definition) is 3. The third-order valence-electron chi connectivity index (χ3n) is 7.17. The Morgan fingerprint density at radius 2 is 2.06 bits per heavy atom. The predicted molar refractivity (Wildman–Crippen MR) is 139 cm³/mol.